The Labute approximate surface area is 236 Å². The van der Waals surface area contributed by atoms with Crippen LogP contribution in [0.4, 0.5) is 17.3 Å². The van der Waals surface area contributed by atoms with Crippen molar-refractivity contribution in [2.75, 3.05) is 37.4 Å². The number of amides is 1. The second-order valence-corrected chi connectivity index (χ2v) is 10.6. The van der Waals surface area contributed by atoms with Crippen LogP contribution in [0.15, 0.2) is 79.3 Å². The third kappa shape index (κ3) is 6.03. The Balaban J connectivity index is 1.27. The highest BCUT2D eigenvalue weighted by molar-refractivity contribution is 6.04. The quantitative estimate of drug-likeness (QED) is 0.340. The van der Waals surface area contributed by atoms with Crippen LogP contribution in [0.2, 0.25) is 0 Å². The summed E-state index contributed by atoms with van der Waals surface area (Å²) in [7, 11) is 4.12. The van der Waals surface area contributed by atoms with Crippen LogP contribution < -0.4 is 10.2 Å². The standard InChI is InChI=1S/C32H37N7O/c1-22-8-13-28(19-30(22)38(5)32-34-16-14-29(36-32)27-7-6-15-33-20-27)35-31(40)26-11-9-25(10-12-26)21-39-18-17-37(4)23(2)24(39)3/h6-16,19-20,23-24H,17-18,21H2,1-5H3,(H,35,40). The van der Waals surface area contributed by atoms with Crippen molar-refractivity contribution in [1.29, 1.82) is 0 Å². The Morgan fingerprint density at radius 2 is 1.82 bits per heavy atom. The van der Waals surface area contributed by atoms with Gasteiger partial charge in [-0.25, -0.2) is 9.97 Å². The molecule has 0 radical (unpaired) electrons. The molecule has 2 aromatic carbocycles. The smallest absolute Gasteiger partial charge is 0.255 e. The normalized spacial score (nSPS) is 17.9. The fourth-order valence-electron chi connectivity index (χ4n) is 5.13. The maximum atomic E-state index is 13.1. The lowest BCUT2D eigenvalue weighted by Crippen LogP contribution is -2.55. The molecule has 2 unspecified atom stereocenters. The monoisotopic (exact) mass is 535 g/mol. The van der Waals surface area contributed by atoms with Crippen molar-refractivity contribution in [2.45, 2.75) is 39.4 Å². The van der Waals surface area contributed by atoms with Gasteiger partial charge in [-0.2, -0.15) is 0 Å². The number of likely N-dealkylation sites (N-methyl/N-ethyl adjacent to an activating group) is 1. The summed E-state index contributed by atoms with van der Waals surface area (Å²) >= 11 is 0. The maximum Gasteiger partial charge on any atom is 0.255 e. The first-order chi connectivity index (χ1) is 19.3. The first kappa shape index (κ1) is 27.4. The van der Waals surface area contributed by atoms with Crippen molar-refractivity contribution < 1.29 is 4.79 Å². The summed E-state index contributed by atoms with van der Waals surface area (Å²) in [4.78, 5) is 33.4. The van der Waals surface area contributed by atoms with Crippen molar-refractivity contribution in [3.8, 4) is 11.3 Å². The molecular weight excluding hydrogens is 498 g/mol. The number of benzene rings is 2. The van der Waals surface area contributed by atoms with Gasteiger partial charge in [-0.3, -0.25) is 14.7 Å². The number of pyridine rings is 1. The zero-order valence-electron chi connectivity index (χ0n) is 23.9. The van der Waals surface area contributed by atoms with E-state index in [0.717, 1.165) is 42.1 Å². The number of hydrogen-bond acceptors (Lipinski definition) is 7. The van der Waals surface area contributed by atoms with Gasteiger partial charge in [0.2, 0.25) is 5.95 Å². The number of nitrogens with zero attached hydrogens (tertiary/aromatic N) is 6. The fourth-order valence-corrected chi connectivity index (χ4v) is 5.13. The molecule has 1 N–H and O–H groups in total. The first-order valence-corrected chi connectivity index (χ1v) is 13.7. The minimum Gasteiger partial charge on any atom is -0.322 e. The van der Waals surface area contributed by atoms with E-state index in [-0.39, 0.29) is 5.91 Å². The summed E-state index contributed by atoms with van der Waals surface area (Å²) in [6.07, 6.45) is 5.27. The summed E-state index contributed by atoms with van der Waals surface area (Å²) in [5, 5.41) is 3.06. The molecule has 1 fully saturated rings. The van der Waals surface area contributed by atoms with Gasteiger partial charge in [0.15, 0.2) is 0 Å². The molecule has 1 saturated heterocycles. The molecule has 4 aromatic rings. The van der Waals surface area contributed by atoms with Crippen LogP contribution in [-0.4, -0.2) is 69.9 Å². The van der Waals surface area contributed by atoms with Crippen molar-refractivity contribution in [1.82, 2.24) is 24.8 Å². The lowest BCUT2D eigenvalue weighted by atomic mass is 10.0. The molecule has 8 heteroatoms. The van der Waals surface area contributed by atoms with E-state index >= 15 is 0 Å². The Morgan fingerprint density at radius 3 is 2.58 bits per heavy atom. The number of nitrogens with one attached hydrogen (secondary N) is 1. The summed E-state index contributed by atoms with van der Waals surface area (Å²) < 4.78 is 0. The number of anilines is 3. The Kier molecular flexibility index (Phi) is 8.19. The Bertz CT molecular complexity index is 1460. The topological polar surface area (TPSA) is 77.5 Å². The molecule has 2 atom stereocenters. The van der Waals surface area contributed by atoms with E-state index in [0.29, 0.717) is 29.3 Å². The molecule has 8 nitrogen and oxygen atoms in total. The van der Waals surface area contributed by atoms with Gasteiger partial charge in [0.1, 0.15) is 0 Å². The molecule has 5 rings (SSSR count). The van der Waals surface area contributed by atoms with E-state index in [1.807, 2.05) is 67.4 Å². The van der Waals surface area contributed by atoms with E-state index in [4.69, 9.17) is 4.98 Å². The third-order valence-corrected chi connectivity index (χ3v) is 8.04. The van der Waals surface area contributed by atoms with Gasteiger partial charge in [0.05, 0.1) is 5.69 Å². The van der Waals surface area contributed by atoms with E-state index in [9.17, 15) is 4.79 Å². The van der Waals surface area contributed by atoms with Gasteiger partial charge in [0.25, 0.3) is 5.91 Å². The second kappa shape index (κ2) is 11.9. The molecule has 3 heterocycles. The molecule has 0 bridgehead atoms. The van der Waals surface area contributed by atoms with E-state index < -0.39 is 0 Å². The predicted octanol–water partition coefficient (Wildman–Crippen LogP) is 5.39. The van der Waals surface area contributed by atoms with Gasteiger partial charge in [-0.05, 0) is 81.4 Å². The van der Waals surface area contributed by atoms with E-state index in [1.54, 1.807) is 18.6 Å². The third-order valence-electron chi connectivity index (χ3n) is 8.04. The highest BCUT2D eigenvalue weighted by Crippen LogP contribution is 2.29. The summed E-state index contributed by atoms with van der Waals surface area (Å²) in [5.41, 5.74) is 6.24. The van der Waals surface area contributed by atoms with Gasteiger partial charge in [-0.1, -0.05) is 18.2 Å². The number of aryl methyl sites for hydroxylation is 1. The average molecular weight is 536 g/mol. The molecule has 2 aromatic heterocycles. The molecule has 206 valence electrons. The Morgan fingerprint density at radius 1 is 1.02 bits per heavy atom. The van der Waals surface area contributed by atoms with Crippen LogP contribution in [-0.2, 0) is 6.54 Å². The minimum atomic E-state index is -0.139. The SMILES string of the molecule is Cc1ccc(NC(=O)c2ccc(CN3CCN(C)C(C)C3C)cc2)cc1N(C)c1nccc(-c2cccnc2)n1. The van der Waals surface area contributed by atoms with Gasteiger partial charge in [0, 0.05) is 79.9 Å². The number of carbonyl (C=O) groups is 1. The number of rotatable bonds is 7. The van der Waals surface area contributed by atoms with Crippen LogP contribution >= 0.6 is 0 Å². The molecule has 0 spiro atoms. The summed E-state index contributed by atoms with van der Waals surface area (Å²) in [6, 6.07) is 20.5. The number of hydrogen-bond donors (Lipinski definition) is 1. The first-order valence-electron chi connectivity index (χ1n) is 13.7. The van der Waals surface area contributed by atoms with Gasteiger partial charge < -0.3 is 15.1 Å². The molecular formula is C32H37N7O. The van der Waals surface area contributed by atoms with Crippen LogP contribution in [0.5, 0.6) is 0 Å². The molecule has 1 aliphatic rings. The van der Waals surface area contributed by atoms with Crippen LogP contribution in [0.25, 0.3) is 11.3 Å². The molecule has 40 heavy (non-hydrogen) atoms. The Hall–Kier alpha value is -4.14. The highest BCUT2D eigenvalue weighted by Gasteiger charge is 2.28. The van der Waals surface area contributed by atoms with Crippen molar-refractivity contribution >= 4 is 23.2 Å². The zero-order chi connectivity index (χ0) is 28.2. The van der Waals surface area contributed by atoms with Crippen molar-refractivity contribution in [3.63, 3.8) is 0 Å². The zero-order valence-corrected chi connectivity index (χ0v) is 23.9. The summed E-state index contributed by atoms with van der Waals surface area (Å²) in [5.74, 6) is 0.424. The second-order valence-electron chi connectivity index (χ2n) is 10.6. The lowest BCUT2D eigenvalue weighted by Gasteiger charge is -2.43. The predicted molar refractivity (Wildman–Crippen MR) is 161 cm³/mol. The average Bonchev–Trinajstić information content (AvgIpc) is 2.99. The maximum absolute atomic E-state index is 13.1. The largest absolute Gasteiger partial charge is 0.322 e. The highest BCUT2D eigenvalue weighted by atomic mass is 16.1. The summed E-state index contributed by atoms with van der Waals surface area (Å²) in [6.45, 7) is 9.61. The molecule has 1 amide bonds. The fraction of sp³-hybridized carbons (Fsp3) is 0.312. The molecule has 0 aliphatic carbocycles. The lowest BCUT2D eigenvalue weighted by molar-refractivity contribution is 0.0472. The molecule has 1 aliphatic heterocycles. The minimum absolute atomic E-state index is 0.139. The number of carbonyl (C=O) groups excluding carboxylic acids is 1. The molecule has 0 saturated carbocycles. The van der Waals surface area contributed by atoms with E-state index in [2.05, 4.69) is 58.1 Å². The van der Waals surface area contributed by atoms with E-state index in [1.165, 1.54) is 5.56 Å². The van der Waals surface area contributed by atoms with Gasteiger partial charge >= 0.3 is 0 Å². The van der Waals surface area contributed by atoms with Gasteiger partial charge in [-0.15, -0.1) is 0 Å². The van der Waals surface area contributed by atoms with Crippen molar-refractivity contribution in [3.05, 3.63) is 95.9 Å². The van der Waals surface area contributed by atoms with Crippen molar-refractivity contribution in [2.24, 2.45) is 0 Å². The van der Waals surface area contributed by atoms with Crippen LogP contribution in [0, 0.1) is 6.92 Å². The number of piperazine rings is 1. The number of aromatic nitrogens is 3. The van der Waals surface area contributed by atoms with Crippen LogP contribution in [0.3, 0.4) is 0 Å². The van der Waals surface area contributed by atoms with Crippen LogP contribution in [0.1, 0.15) is 35.3 Å².